The number of rotatable bonds is 6. The Morgan fingerprint density at radius 2 is 2.03 bits per heavy atom. The van der Waals surface area contributed by atoms with Gasteiger partial charge in [0, 0.05) is 41.0 Å². The molecule has 158 valence electrons. The molecule has 1 N–H and O–H groups in total. The summed E-state index contributed by atoms with van der Waals surface area (Å²) in [4.78, 5) is 15.6. The summed E-state index contributed by atoms with van der Waals surface area (Å²) in [6.45, 7) is 0.554. The van der Waals surface area contributed by atoms with E-state index in [0.717, 1.165) is 22.0 Å². The summed E-state index contributed by atoms with van der Waals surface area (Å²) in [5.41, 5.74) is 3.76. The number of hydrogen-bond donors (Lipinski definition) is 1. The Labute approximate surface area is 189 Å². The first-order chi connectivity index (χ1) is 15.5. The summed E-state index contributed by atoms with van der Waals surface area (Å²) in [6.07, 6.45) is 5.46. The van der Waals surface area contributed by atoms with E-state index in [0.29, 0.717) is 28.6 Å². The molecule has 7 heteroatoms. The zero-order valence-corrected chi connectivity index (χ0v) is 17.9. The van der Waals surface area contributed by atoms with Gasteiger partial charge in [0.05, 0.1) is 29.8 Å². The number of hydrogen-bond acceptors (Lipinski definition) is 4. The molecule has 2 heterocycles. The zero-order chi connectivity index (χ0) is 22.7. The Balaban J connectivity index is 1.79. The number of halogens is 1. The molecule has 32 heavy (non-hydrogen) atoms. The highest BCUT2D eigenvalue weighted by Crippen LogP contribution is 2.29. The quantitative estimate of drug-likeness (QED) is 0.397. The number of nitrogens with zero attached hydrogens (tertiary/aromatic N) is 3. The van der Waals surface area contributed by atoms with Crippen LogP contribution in [0.15, 0.2) is 67.0 Å². The smallest absolute Gasteiger partial charge is 0.335 e. The van der Waals surface area contributed by atoms with Crippen molar-refractivity contribution < 1.29 is 14.6 Å². The number of carboxylic acids is 1. The highest BCUT2D eigenvalue weighted by Gasteiger charge is 2.12. The second-order valence-corrected chi connectivity index (χ2v) is 7.57. The van der Waals surface area contributed by atoms with Crippen molar-refractivity contribution in [1.29, 1.82) is 5.26 Å². The lowest BCUT2D eigenvalue weighted by Crippen LogP contribution is -1.99. The number of ether oxygens (including phenoxy) is 1. The van der Waals surface area contributed by atoms with E-state index in [1.165, 1.54) is 12.1 Å². The van der Waals surface area contributed by atoms with E-state index in [9.17, 15) is 15.2 Å². The second kappa shape index (κ2) is 8.96. The van der Waals surface area contributed by atoms with E-state index >= 15 is 0 Å². The third-order valence-corrected chi connectivity index (χ3v) is 5.31. The van der Waals surface area contributed by atoms with Gasteiger partial charge >= 0.3 is 5.97 Å². The van der Waals surface area contributed by atoms with Crippen molar-refractivity contribution in [1.82, 2.24) is 9.55 Å². The summed E-state index contributed by atoms with van der Waals surface area (Å²) in [5.74, 6) is -0.497. The van der Waals surface area contributed by atoms with Gasteiger partial charge in [-0.1, -0.05) is 35.9 Å². The van der Waals surface area contributed by atoms with Crippen molar-refractivity contribution >= 4 is 40.1 Å². The minimum atomic E-state index is -1.04. The van der Waals surface area contributed by atoms with E-state index in [4.69, 9.17) is 16.3 Å². The molecule has 0 atom stereocenters. The number of pyridine rings is 1. The number of aromatic nitrogens is 2. The summed E-state index contributed by atoms with van der Waals surface area (Å²) in [6, 6.07) is 17.9. The Morgan fingerprint density at radius 1 is 1.22 bits per heavy atom. The molecule has 0 bridgehead atoms. The number of carboxylic acid groups (broad SMARTS) is 1. The topological polar surface area (TPSA) is 88.1 Å². The van der Waals surface area contributed by atoms with Gasteiger partial charge in [0.2, 0.25) is 5.88 Å². The van der Waals surface area contributed by atoms with Crippen molar-refractivity contribution in [2.75, 3.05) is 7.11 Å². The highest BCUT2D eigenvalue weighted by molar-refractivity contribution is 6.31. The van der Waals surface area contributed by atoms with Gasteiger partial charge in [-0.3, -0.25) is 0 Å². The lowest BCUT2D eigenvalue weighted by Gasteiger charge is -2.06. The molecule has 0 radical (unpaired) electrons. The first kappa shape index (κ1) is 21.2. The number of aromatic carboxylic acids is 1. The van der Waals surface area contributed by atoms with Gasteiger partial charge in [-0.25, -0.2) is 9.78 Å². The van der Waals surface area contributed by atoms with Crippen LogP contribution in [0.4, 0.5) is 0 Å². The van der Waals surface area contributed by atoms with Crippen LogP contribution < -0.4 is 4.74 Å². The van der Waals surface area contributed by atoms with Crippen LogP contribution in [0.1, 0.15) is 27.0 Å². The highest BCUT2D eigenvalue weighted by atomic mass is 35.5. The Hall–Kier alpha value is -4.08. The predicted octanol–water partition coefficient (Wildman–Crippen LogP) is 5.51. The molecule has 2 aromatic heterocycles. The first-order valence-electron chi connectivity index (χ1n) is 9.71. The largest absolute Gasteiger partial charge is 0.481 e. The minimum Gasteiger partial charge on any atom is -0.481 e. The van der Waals surface area contributed by atoms with E-state index in [2.05, 4.69) is 11.1 Å². The van der Waals surface area contributed by atoms with E-state index in [-0.39, 0.29) is 5.56 Å². The molecule has 4 aromatic rings. The van der Waals surface area contributed by atoms with Crippen LogP contribution in [-0.2, 0) is 6.54 Å². The minimum absolute atomic E-state index is 0.130. The fourth-order valence-corrected chi connectivity index (χ4v) is 3.68. The number of methoxy groups -OCH3 is 1. The molecule has 0 aliphatic carbocycles. The molecule has 0 saturated carbocycles. The Morgan fingerprint density at radius 3 is 2.72 bits per heavy atom. The number of carbonyl (C=O) groups is 1. The third-order valence-electron chi connectivity index (χ3n) is 5.08. The molecule has 0 saturated heterocycles. The maximum absolute atomic E-state index is 11.3. The lowest BCUT2D eigenvalue weighted by atomic mass is 10.0. The molecule has 2 aromatic carbocycles. The molecule has 6 nitrogen and oxygen atoms in total. The van der Waals surface area contributed by atoms with Crippen LogP contribution in [0.5, 0.6) is 5.88 Å². The standard InChI is InChI=1S/C25H18ClN3O3/c1-32-24-8-5-16(13-28-24)14-29-15-20(22-7-6-21(26)11-23(22)29)10-19(12-27)17-3-2-4-18(9-17)25(30)31/h2-11,13,15H,14H2,1H3,(H,30,31)/b19-10+. The third kappa shape index (κ3) is 4.34. The van der Waals surface area contributed by atoms with Crippen molar-refractivity contribution in [2.24, 2.45) is 0 Å². The summed E-state index contributed by atoms with van der Waals surface area (Å²) in [5, 5.41) is 20.6. The van der Waals surface area contributed by atoms with Crippen molar-refractivity contribution in [3.8, 4) is 11.9 Å². The van der Waals surface area contributed by atoms with E-state index in [1.807, 2.05) is 29.0 Å². The first-order valence-corrected chi connectivity index (χ1v) is 10.1. The Kier molecular flexibility index (Phi) is 5.93. The zero-order valence-electron chi connectivity index (χ0n) is 17.1. The fraction of sp³-hybridized carbons (Fsp3) is 0.0800. The van der Waals surface area contributed by atoms with Crippen molar-refractivity contribution in [3.05, 3.63) is 94.3 Å². The number of benzene rings is 2. The molecule has 0 fully saturated rings. The number of allylic oxidation sites excluding steroid dienone is 1. The van der Waals surface area contributed by atoms with Gasteiger partial charge in [-0.2, -0.15) is 5.26 Å². The average Bonchev–Trinajstić information content (AvgIpc) is 3.14. The molecule has 0 amide bonds. The normalized spacial score (nSPS) is 11.3. The number of fused-ring (bicyclic) bond motifs is 1. The summed E-state index contributed by atoms with van der Waals surface area (Å²) >= 11 is 6.25. The maximum atomic E-state index is 11.3. The van der Waals surface area contributed by atoms with Crippen LogP contribution in [0.25, 0.3) is 22.6 Å². The van der Waals surface area contributed by atoms with Gasteiger partial charge in [0.1, 0.15) is 0 Å². The molecular formula is C25H18ClN3O3. The molecular weight excluding hydrogens is 426 g/mol. The van der Waals surface area contributed by atoms with Crippen molar-refractivity contribution in [3.63, 3.8) is 0 Å². The maximum Gasteiger partial charge on any atom is 0.335 e. The average molecular weight is 444 g/mol. The van der Waals surface area contributed by atoms with Gasteiger partial charge in [0.15, 0.2) is 0 Å². The SMILES string of the molecule is COc1ccc(Cn2cc(/C=C(\C#N)c3cccc(C(=O)O)c3)c3ccc(Cl)cc32)cn1. The summed E-state index contributed by atoms with van der Waals surface area (Å²) in [7, 11) is 1.57. The predicted molar refractivity (Wildman–Crippen MR) is 124 cm³/mol. The molecule has 0 aliphatic rings. The molecule has 0 spiro atoms. The van der Waals surface area contributed by atoms with Crippen LogP contribution in [0.2, 0.25) is 5.02 Å². The van der Waals surface area contributed by atoms with Gasteiger partial charge < -0.3 is 14.4 Å². The molecule has 4 rings (SSSR count). The van der Waals surface area contributed by atoms with Gasteiger partial charge in [-0.05, 0) is 41.5 Å². The van der Waals surface area contributed by atoms with Crippen LogP contribution in [0.3, 0.4) is 0 Å². The lowest BCUT2D eigenvalue weighted by molar-refractivity contribution is 0.0697. The van der Waals surface area contributed by atoms with Crippen LogP contribution in [0, 0.1) is 11.3 Å². The number of nitriles is 1. The van der Waals surface area contributed by atoms with Crippen molar-refractivity contribution in [2.45, 2.75) is 6.54 Å². The second-order valence-electron chi connectivity index (χ2n) is 7.14. The Bertz CT molecular complexity index is 1380. The van der Waals surface area contributed by atoms with Crippen LogP contribution in [-0.4, -0.2) is 27.7 Å². The molecule has 0 unspecified atom stereocenters. The fourth-order valence-electron chi connectivity index (χ4n) is 3.52. The summed E-state index contributed by atoms with van der Waals surface area (Å²) < 4.78 is 7.16. The monoisotopic (exact) mass is 443 g/mol. The van der Waals surface area contributed by atoms with Gasteiger partial charge in [0.25, 0.3) is 0 Å². The van der Waals surface area contributed by atoms with Crippen LogP contribution >= 0.6 is 11.6 Å². The molecule has 0 aliphatic heterocycles. The van der Waals surface area contributed by atoms with Gasteiger partial charge in [-0.15, -0.1) is 0 Å². The van der Waals surface area contributed by atoms with E-state index < -0.39 is 5.97 Å². The van der Waals surface area contributed by atoms with E-state index in [1.54, 1.807) is 43.6 Å².